The highest BCUT2D eigenvalue weighted by Crippen LogP contribution is 2.27. The topological polar surface area (TPSA) is 23.5 Å². The second-order valence-electron chi connectivity index (χ2n) is 6.17. The van der Waals surface area contributed by atoms with Gasteiger partial charge in [0.1, 0.15) is 0 Å². The van der Waals surface area contributed by atoms with Crippen LogP contribution < -0.4 is 0 Å². The van der Waals surface area contributed by atoms with E-state index in [2.05, 4.69) is 25.7 Å². The molecule has 0 bridgehead atoms. The molecule has 1 heterocycles. The van der Waals surface area contributed by atoms with Crippen LogP contribution in [-0.2, 0) is 0 Å². The molecular formula is C14H29NO. The van der Waals surface area contributed by atoms with Gasteiger partial charge >= 0.3 is 0 Å². The number of nitrogens with zero attached hydrogens (tertiary/aromatic N) is 1. The van der Waals surface area contributed by atoms with E-state index in [4.69, 9.17) is 0 Å². The molecule has 0 amide bonds. The molecule has 0 saturated carbocycles. The Bertz CT molecular complexity index is 193. The minimum Gasteiger partial charge on any atom is -0.393 e. The summed E-state index contributed by atoms with van der Waals surface area (Å²) in [7, 11) is 0. The third-order valence-corrected chi connectivity index (χ3v) is 4.17. The van der Waals surface area contributed by atoms with Crippen molar-refractivity contribution in [3.63, 3.8) is 0 Å². The van der Waals surface area contributed by atoms with Gasteiger partial charge in [-0.2, -0.15) is 0 Å². The second kappa shape index (κ2) is 6.02. The Morgan fingerprint density at radius 1 is 1.31 bits per heavy atom. The van der Waals surface area contributed by atoms with Gasteiger partial charge in [0.15, 0.2) is 0 Å². The minimum absolute atomic E-state index is 0.0254. The Kier molecular flexibility index (Phi) is 5.26. The smallest absolute Gasteiger partial charge is 0.0575 e. The predicted molar refractivity (Wildman–Crippen MR) is 69.5 cm³/mol. The van der Waals surface area contributed by atoms with E-state index in [1.54, 1.807) is 0 Å². The number of hydrogen-bond donors (Lipinski definition) is 1. The van der Waals surface area contributed by atoms with E-state index in [9.17, 15) is 5.11 Å². The van der Waals surface area contributed by atoms with Crippen LogP contribution in [0, 0.1) is 11.3 Å². The van der Waals surface area contributed by atoms with Gasteiger partial charge in [-0.15, -0.1) is 0 Å². The summed E-state index contributed by atoms with van der Waals surface area (Å²) in [4.78, 5) is 2.53. The summed E-state index contributed by atoms with van der Waals surface area (Å²) in [6.45, 7) is 12.0. The summed E-state index contributed by atoms with van der Waals surface area (Å²) in [6, 6.07) is 0. The molecule has 1 rings (SSSR count). The van der Waals surface area contributed by atoms with E-state index >= 15 is 0 Å². The van der Waals surface area contributed by atoms with Crippen LogP contribution in [0.5, 0.6) is 0 Å². The van der Waals surface area contributed by atoms with Crippen LogP contribution in [0.15, 0.2) is 0 Å². The summed E-state index contributed by atoms with van der Waals surface area (Å²) >= 11 is 0. The van der Waals surface area contributed by atoms with E-state index in [0.717, 1.165) is 12.5 Å². The number of likely N-dealkylation sites (tertiary alicyclic amines) is 1. The second-order valence-corrected chi connectivity index (χ2v) is 6.17. The molecule has 1 atom stereocenters. The monoisotopic (exact) mass is 227 g/mol. The normalized spacial score (nSPS) is 22.3. The summed E-state index contributed by atoms with van der Waals surface area (Å²) in [5, 5.41) is 9.72. The fourth-order valence-electron chi connectivity index (χ4n) is 2.55. The van der Waals surface area contributed by atoms with Crippen LogP contribution in [0.25, 0.3) is 0 Å². The van der Waals surface area contributed by atoms with E-state index in [1.807, 2.05) is 6.92 Å². The molecule has 96 valence electrons. The highest BCUT2D eigenvalue weighted by molar-refractivity contribution is 4.81. The first kappa shape index (κ1) is 14.0. The lowest BCUT2D eigenvalue weighted by molar-refractivity contribution is 0.0245. The molecule has 0 aromatic heterocycles. The van der Waals surface area contributed by atoms with Crippen molar-refractivity contribution in [2.45, 2.75) is 59.5 Å². The Labute approximate surface area is 101 Å². The molecule has 0 aliphatic carbocycles. The van der Waals surface area contributed by atoms with Crippen LogP contribution in [0.4, 0.5) is 0 Å². The number of rotatable bonds is 5. The molecule has 2 heteroatoms. The molecule has 1 N–H and O–H groups in total. The molecule has 1 saturated heterocycles. The maximum atomic E-state index is 9.72. The van der Waals surface area contributed by atoms with Gasteiger partial charge in [0.05, 0.1) is 6.10 Å². The van der Waals surface area contributed by atoms with Crippen molar-refractivity contribution in [1.82, 2.24) is 4.90 Å². The van der Waals surface area contributed by atoms with Crippen molar-refractivity contribution in [3.05, 3.63) is 0 Å². The molecule has 16 heavy (non-hydrogen) atoms. The lowest BCUT2D eigenvalue weighted by atomic mass is 9.85. The average molecular weight is 227 g/mol. The van der Waals surface area contributed by atoms with Crippen molar-refractivity contribution < 1.29 is 5.11 Å². The largest absolute Gasteiger partial charge is 0.393 e. The molecule has 1 aliphatic heterocycles. The Morgan fingerprint density at radius 2 is 1.88 bits per heavy atom. The Morgan fingerprint density at radius 3 is 2.31 bits per heavy atom. The van der Waals surface area contributed by atoms with Crippen LogP contribution >= 0.6 is 0 Å². The zero-order valence-electron chi connectivity index (χ0n) is 11.5. The third kappa shape index (κ3) is 4.06. The van der Waals surface area contributed by atoms with Crippen molar-refractivity contribution >= 4 is 0 Å². The molecule has 0 spiro atoms. The van der Waals surface area contributed by atoms with Crippen LogP contribution in [0.2, 0.25) is 0 Å². The third-order valence-electron chi connectivity index (χ3n) is 4.17. The van der Waals surface area contributed by atoms with Crippen LogP contribution in [0.1, 0.15) is 53.4 Å². The van der Waals surface area contributed by atoms with Gasteiger partial charge in [0.2, 0.25) is 0 Å². The average Bonchev–Trinajstić information content (AvgIpc) is 2.21. The maximum Gasteiger partial charge on any atom is 0.0575 e. The van der Waals surface area contributed by atoms with Gasteiger partial charge in [-0.05, 0) is 38.8 Å². The highest BCUT2D eigenvalue weighted by atomic mass is 16.3. The van der Waals surface area contributed by atoms with E-state index in [-0.39, 0.29) is 11.5 Å². The van der Waals surface area contributed by atoms with Gasteiger partial charge in [-0.1, -0.05) is 33.6 Å². The van der Waals surface area contributed by atoms with Gasteiger partial charge in [0.25, 0.3) is 0 Å². The molecule has 0 aromatic carbocycles. The Hall–Kier alpha value is -0.0800. The molecule has 1 unspecified atom stereocenters. The lowest BCUT2D eigenvalue weighted by Gasteiger charge is -2.38. The Balaban J connectivity index is 2.32. The molecule has 1 fully saturated rings. The first-order valence-electron chi connectivity index (χ1n) is 6.86. The summed E-state index contributed by atoms with van der Waals surface area (Å²) in [5.41, 5.74) is 0.0254. The van der Waals surface area contributed by atoms with Gasteiger partial charge in [0, 0.05) is 12.0 Å². The maximum absolute atomic E-state index is 9.72. The van der Waals surface area contributed by atoms with E-state index in [0.29, 0.717) is 0 Å². The molecule has 2 nitrogen and oxygen atoms in total. The quantitative estimate of drug-likeness (QED) is 0.780. The van der Waals surface area contributed by atoms with Gasteiger partial charge < -0.3 is 10.0 Å². The molecule has 1 aliphatic rings. The number of piperidine rings is 1. The standard InChI is InChI=1S/C14H29NO/c1-5-6-13-7-9-15(10-8-13)11-14(3,4)12(2)16/h12-13,16H,5-11H2,1-4H3. The molecular weight excluding hydrogens is 198 g/mol. The zero-order valence-corrected chi connectivity index (χ0v) is 11.5. The van der Waals surface area contributed by atoms with Crippen molar-refractivity contribution in [1.29, 1.82) is 0 Å². The highest BCUT2D eigenvalue weighted by Gasteiger charge is 2.28. The SMILES string of the molecule is CCCC1CCN(CC(C)(C)C(C)O)CC1. The fourth-order valence-corrected chi connectivity index (χ4v) is 2.55. The fraction of sp³-hybridized carbons (Fsp3) is 1.00. The minimum atomic E-state index is -0.221. The van der Waals surface area contributed by atoms with E-state index < -0.39 is 0 Å². The van der Waals surface area contributed by atoms with Crippen LogP contribution in [0.3, 0.4) is 0 Å². The first-order chi connectivity index (χ1) is 7.45. The molecule has 0 aromatic rings. The summed E-state index contributed by atoms with van der Waals surface area (Å²) in [5.74, 6) is 0.955. The number of hydrogen-bond acceptors (Lipinski definition) is 2. The van der Waals surface area contributed by atoms with Crippen LogP contribution in [-0.4, -0.2) is 35.7 Å². The summed E-state index contributed by atoms with van der Waals surface area (Å²) in [6.07, 6.45) is 5.20. The number of aliphatic hydroxyl groups excluding tert-OH is 1. The zero-order chi connectivity index (χ0) is 12.2. The summed E-state index contributed by atoms with van der Waals surface area (Å²) < 4.78 is 0. The van der Waals surface area contributed by atoms with Gasteiger partial charge in [-0.25, -0.2) is 0 Å². The predicted octanol–water partition coefficient (Wildman–Crippen LogP) is 2.91. The van der Waals surface area contributed by atoms with E-state index in [1.165, 1.54) is 38.8 Å². The molecule has 0 radical (unpaired) electrons. The van der Waals surface area contributed by atoms with Crippen molar-refractivity contribution in [2.75, 3.05) is 19.6 Å². The van der Waals surface area contributed by atoms with Crippen molar-refractivity contribution in [2.24, 2.45) is 11.3 Å². The van der Waals surface area contributed by atoms with Crippen molar-refractivity contribution in [3.8, 4) is 0 Å². The lowest BCUT2D eigenvalue weighted by Crippen LogP contribution is -2.43. The van der Waals surface area contributed by atoms with Gasteiger partial charge in [-0.3, -0.25) is 0 Å². The number of aliphatic hydroxyl groups is 1. The first-order valence-corrected chi connectivity index (χ1v) is 6.86.